The molecule has 0 spiro atoms. The van der Waals surface area contributed by atoms with E-state index in [4.69, 9.17) is 4.74 Å². The molecule has 1 rings (SSSR count). The third-order valence-electron chi connectivity index (χ3n) is 3.40. The van der Waals surface area contributed by atoms with Crippen LogP contribution in [0.5, 0.6) is 0 Å². The maximum Gasteiger partial charge on any atom is 0.191 e. The van der Waals surface area contributed by atoms with Crippen LogP contribution in [-0.4, -0.2) is 63.3 Å². The van der Waals surface area contributed by atoms with Crippen molar-refractivity contribution in [2.45, 2.75) is 33.6 Å². The molecule has 118 valence electrons. The number of ether oxygens (including phenoxy) is 1. The van der Waals surface area contributed by atoms with Crippen LogP contribution in [-0.2, 0) is 4.74 Å². The van der Waals surface area contributed by atoms with Crippen molar-refractivity contribution >= 4 is 5.96 Å². The number of rotatable bonds is 8. The van der Waals surface area contributed by atoms with Crippen molar-refractivity contribution in [3.63, 3.8) is 0 Å². The standard InChI is InChI=1S/C15H32N4O/c1-4-6-7-17-15(16-5-2)18-12-14(3)13-19-8-10-20-11-9-19/h14H,4-13H2,1-3H3,(H2,16,17,18). The lowest BCUT2D eigenvalue weighted by molar-refractivity contribution is 0.0323. The first-order valence-electron chi connectivity index (χ1n) is 8.08. The summed E-state index contributed by atoms with van der Waals surface area (Å²) in [6.07, 6.45) is 2.40. The van der Waals surface area contributed by atoms with E-state index in [1.54, 1.807) is 0 Å². The molecule has 1 aliphatic rings. The maximum atomic E-state index is 5.38. The van der Waals surface area contributed by atoms with Gasteiger partial charge in [0.2, 0.25) is 0 Å². The Balaban J connectivity index is 2.28. The van der Waals surface area contributed by atoms with E-state index >= 15 is 0 Å². The number of aliphatic imine (C=N–C) groups is 1. The molecule has 5 nitrogen and oxygen atoms in total. The highest BCUT2D eigenvalue weighted by atomic mass is 16.5. The van der Waals surface area contributed by atoms with Gasteiger partial charge in [-0.25, -0.2) is 0 Å². The fraction of sp³-hybridized carbons (Fsp3) is 0.933. The molecule has 0 aliphatic carbocycles. The SMILES string of the molecule is CCCCNC(=NCC(C)CN1CCOCC1)NCC. The smallest absolute Gasteiger partial charge is 0.191 e. The third kappa shape index (κ3) is 7.70. The lowest BCUT2D eigenvalue weighted by Crippen LogP contribution is -2.40. The van der Waals surface area contributed by atoms with Crippen LogP contribution in [0.15, 0.2) is 4.99 Å². The van der Waals surface area contributed by atoms with Gasteiger partial charge in [-0.1, -0.05) is 20.3 Å². The van der Waals surface area contributed by atoms with Crippen molar-refractivity contribution < 1.29 is 4.74 Å². The number of nitrogens with one attached hydrogen (secondary N) is 2. The molecule has 1 saturated heterocycles. The predicted octanol–water partition coefficient (Wildman–Crippen LogP) is 1.31. The van der Waals surface area contributed by atoms with Crippen molar-refractivity contribution in [1.29, 1.82) is 0 Å². The van der Waals surface area contributed by atoms with Gasteiger partial charge in [0.1, 0.15) is 0 Å². The van der Waals surface area contributed by atoms with Crippen molar-refractivity contribution in [2.75, 3.05) is 52.5 Å². The molecule has 0 saturated carbocycles. The van der Waals surface area contributed by atoms with E-state index in [2.05, 4.69) is 41.3 Å². The van der Waals surface area contributed by atoms with E-state index in [0.29, 0.717) is 5.92 Å². The zero-order valence-electron chi connectivity index (χ0n) is 13.5. The van der Waals surface area contributed by atoms with E-state index in [-0.39, 0.29) is 0 Å². The van der Waals surface area contributed by atoms with Crippen LogP contribution in [0, 0.1) is 5.92 Å². The van der Waals surface area contributed by atoms with Crippen LogP contribution in [0.25, 0.3) is 0 Å². The molecule has 0 aromatic carbocycles. The highest BCUT2D eigenvalue weighted by Crippen LogP contribution is 2.03. The van der Waals surface area contributed by atoms with E-state index in [9.17, 15) is 0 Å². The van der Waals surface area contributed by atoms with Gasteiger partial charge >= 0.3 is 0 Å². The summed E-state index contributed by atoms with van der Waals surface area (Å²) in [6, 6.07) is 0. The molecule has 0 bridgehead atoms. The summed E-state index contributed by atoms with van der Waals surface area (Å²) in [6.45, 7) is 14.3. The average Bonchev–Trinajstić information content (AvgIpc) is 2.46. The largest absolute Gasteiger partial charge is 0.379 e. The minimum atomic E-state index is 0.578. The second-order valence-corrected chi connectivity index (χ2v) is 5.52. The zero-order valence-corrected chi connectivity index (χ0v) is 13.5. The van der Waals surface area contributed by atoms with E-state index in [1.807, 2.05) is 0 Å². The first-order valence-corrected chi connectivity index (χ1v) is 8.08. The monoisotopic (exact) mass is 284 g/mol. The van der Waals surface area contributed by atoms with Gasteiger partial charge < -0.3 is 15.4 Å². The molecule has 1 unspecified atom stereocenters. The van der Waals surface area contributed by atoms with Gasteiger partial charge in [-0.3, -0.25) is 9.89 Å². The number of guanidine groups is 1. The third-order valence-corrected chi connectivity index (χ3v) is 3.40. The Morgan fingerprint density at radius 3 is 2.65 bits per heavy atom. The van der Waals surface area contributed by atoms with Crippen LogP contribution in [0.3, 0.4) is 0 Å². The number of unbranched alkanes of at least 4 members (excludes halogenated alkanes) is 1. The van der Waals surface area contributed by atoms with Gasteiger partial charge in [-0.15, -0.1) is 0 Å². The van der Waals surface area contributed by atoms with Gasteiger partial charge in [0.25, 0.3) is 0 Å². The minimum absolute atomic E-state index is 0.578. The van der Waals surface area contributed by atoms with Crippen LogP contribution in [0.2, 0.25) is 0 Å². The highest BCUT2D eigenvalue weighted by molar-refractivity contribution is 5.79. The molecule has 0 amide bonds. The van der Waals surface area contributed by atoms with E-state index in [1.165, 1.54) is 12.8 Å². The lowest BCUT2D eigenvalue weighted by Gasteiger charge is -2.28. The van der Waals surface area contributed by atoms with Crippen LogP contribution >= 0.6 is 0 Å². The molecular weight excluding hydrogens is 252 g/mol. The lowest BCUT2D eigenvalue weighted by atomic mass is 10.1. The number of nitrogens with zero attached hydrogens (tertiary/aromatic N) is 2. The van der Waals surface area contributed by atoms with Crippen LogP contribution < -0.4 is 10.6 Å². The molecule has 1 aliphatic heterocycles. The van der Waals surface area contributed by atoms with Crippen LogP contribution in [0.4, 0.5) is 0 Å². The normalized spacial score (nSPS) is 18.9. The summed E-state index contributed by atoms with van der Waals surface area (Å²) < 4.78 is 5.38. The average molecular weight is 284 g/mol. The van der Waals surface area contributed by atoms with Gasteiger partial charge in [0, 0.05) is 39.3 Å². The minimum Gasteiger partial charge on any atom is -0.379 e. The fourth-order valence-electron chi connectivity index (χ4n) is 2.25. The summed E-state index contributed by atoms with van der Waals surface area (Å²) in [5, 5.41) is 6.69. The Labute approximate surface area is 124 Å². The Kier molecular flexibility index (Phi) is 9.41. The van der Waals surface area contributed by atoms with E-state index < -0.39 is 0 Å². The quantitative estimate of drug-likeness (QED) is 0.401. The Bertz CT molecular complexity index is 265. The molecule has 5 heteroatoms. The highest BCUT2D eigenvalue weighted by Gasteiger charge is 2.13. The zero-order chi connectivity index (χ0) is 14.6. The summed E-state index contributed by atoms with van der Waals surface area (Å²) in [7, 11) is 0. The number of hydrogen-bond acceptors (Lipinski definition) is 3. The second kappa shape index (κ2) is 10.9. The molecule has 2 N–H and O–H groups in total. The molecule has 0 aromatic heterocycles. The summed E-state index contributed by atoms with van der Waals surface area (Å²) in [5.74, 6) is 1.53. The van der Waals surface area contributed by atoms with Crippen LogP contribution in [0.1, 0.15) is 33.6 Å². The maximum absolute atomic E-state index is 5.38. The summed E-state index contributed by atoms with van der Waals surface area (Å²) in [4.78, 5) is 7.16. The Morgan fingerprint density at radius 1 is 1.25 bits per heavy atom. The topological polar surface area (TPSA) is 48.9 Å². The second-order valence-electron chi connectivity index (χ2n) is 5.52. The Morgan fingerprint density at radius 2 is 2.00 bits per heavy atom. The molecule has 1 heterocycles. The van der Waals surface area contributed by atoms with Gasteiger partial charge in [-0.05, 0) is 19.3 Å². The van der Waals surface area contributed by atoms with Crippen molar-refractivity contribution in [2.24, 2.45) is 10.9 Å². The molecule has 0 aromatic rings. The summed E-state index contributed by atoms with van der Waals surface area (Å²) >= 11 is 0. The first kappa shape index (κ1) is 17.2. The Hall–Kier alpha value is -0.810. The fourth-order valence-corrected chi connectivity index (χ4v) is 2.25. The number of hydrogen-bond donors (Lipinski definition) is 2. The molecule has 0 radical (unpaired) electrons. The molecule has 1 fully saturated rings. The van der Waals surface area contributed by atoms with Crippen molar-refractivity contribution in [3.05, 3.63) is 0 Å². The molecule has 1 atom stereocenters. The predicted molar refractivity (Wildman–Crippen MR) is 85.3 cm³/mol. The van der Waals surface area contributed by atoms with Gasteiger partial charge in [0.15, 0.2) is 5.96 Å². The summed E-state index contributed by atoms with van der Waals surface area (Å²) in [5.41, 5.74) is 0. The van der Waals surface area contributed by atoms with Crippen molar-refractivity contribution in [1.82, 2.24) is 15.5 Å². The van der Waals surface area contributed by atoms with Gasteiger partial charge in [0.05, 0.1) is 13.2 Å². The first-order chi connectivity index (χ1) is 9.76. The molecule has 20 heavy (non-hydrogen) atoms. The van der Waals surface area contributed by atoms with Crippen molar-refractivity contribution in [3.8, 4) is 0 Å². The number of morpholine rings is 1. The van der Waals surface area contributed by atoms with Gasteiger partial charge in [-0.2, -0.15) is 0 Å². The van der Waals surface area contributed by atoms with E-state index in [0.717, 1.165) is 58.4 Å². The molecular formula is C15H32N4O.